The number of nitrogens with one attached hydrogen (secondary N) is 1. The predicted molar refractivity (Wildman–Crippen MR) is 177 cm³/mol. The van der Waals surface area contributed by atoms with Crippen LogP contribution in [0.1, 0.15) is 53.1 Å². The Labute approximate surface area is 260 Å². The van der Waals surface area contributed by atoms with Gasteiger partial charge in [0.1, 0.15) is 6.61 Å². The van der Waals surface area contributed by atoms with E-state index < -0.39 is 0 Å². The zero-order valence-corrected chi connectivity index (χ0v) is 26.0. The summed E-state index contributed by atoms with van der Waals surface area (Å²) in [5.74, 6) is 2.40. The smallest absolute Gasteiger partial charge is 0.175 e. The van der Waals surface area contributed by atoms with Gasteiger partial charge >= 0.3 is 0 Å². The fourth-order valence-electron chi connectivity index (χ4n) is 5.79. The number of rotatable bonds is 8. The first-order chi connectivity index (χ1) is 20.0. The number of hydrogen-bond acceptors (Lipinski definition) is 4. The molecule has 0 radical (unpaired) electrons. The van der Waals surface area contributed by atoms with E-state index in [9.17, 15) is 0 Å². The number of benzene rings is 4. The highest BCUT2D eigenvalue weighted by molar-refractivity contribution is 14.1. The van der Waals surface area contributed by atoms with Gasteiger partial charge in [-0.15, -0.1) is 0 Å². The molecule has 0 aromatic heterocycles. The van der Waals surface area contributed by atoms with E-state index in [1.165, 1.54) is 22.4 Å². The standard InChI is InChI=1S/C35H32ClIN2O2/c1-3-40-33-19-23(18-31(37)35(33)41-21-25-7-4-5-10-30(25)36)20-38-26-14-12-24(13-15-26)34-28-9-6-8-27(28)29-17-22(2)11-16-32(29)39-34/h4-8,10-20,27-28,34,39H,3,9,21H2,1-2H3/t27-,28-,34+/m1/s1. The van der Waals surface area contributed by atoms with Gasteiger partial charge in [0.2, 0.25) is 0 Å². The van der Waals surface area contributed by atoms with E-state index in [-0.39, 0.29) is 6.04 Å². The minimum Gasteiger partial charge on any atom is -0.490 e. The SMILES string of the molecule is CCOc1cc(C=Nc2ccc([C@@H]3Nc4ccc(C)cc4[C@@H]4C=CC[C@H]43)cc2)cc(I)c1OCc1ccccc1Cl. The molecule has 1 heterocycles. The minimum absolute atomic E-state index is 0.275. The maximum atomic E-state index is 6.32. The van der Waals surface area contributed by atoms with E-state index in [0.29, 0.717) is 41.6 Å². The number of ether oxygens (including phenoxy) is 2. The highest BCUT2D eigenvalue weighted by atomic mass is 127. The van der Waals surface area contributed by atoms with Gasteiger partial charge in [-0.1, -0.05) is 71.8 Å². The van der Waals surface area contributed by atoms with Crippen molar-refractivity contribution in [3.8, 4) is 11.5 Å². The molecular weight excluding hydrogens is 643 g/mol. The van der Waals surface area contributed by atoms with Crippen molar-refractivity contribution in [2.24, 2.45) is 10.9 Å². The van der Waals surface area contributed by atoms with Crippen LogP contribution in [0.2, 0.25) is 5.02 Å². The molecule has 0 spiro atoms. The van der Waals surface area contributed by atoms with Crippen LogP contribution in [-0.4, -0.2) is 12.8 Å². The summed E-state index contributed by atoms with van der Waals surface area (Å²) < 4.78 is 13.1. The zero-order chi connectivity index (χ0) is 28.3. The van der Waals surface area contributed by atoms with Crippen LogP contribution in [0.3, 0.4) is 0 Å². The van der Waals surface area contributed by atoms with Gasteiger partial charge in [0, 0.05) is 28.4 Å². The van der Waals surface area contributed by atoms with Crippen molar-refractivity contribution >= 4 is 51.8 Å². The molecule has 3 atom stereocenters. The molecule has 1 N–H and O–H groups in total. The van der Waals surface area contributed by atoms with Crippen LogP contribution in [-0.2, 0) is 6.61 Å². The summed E-state index contributed by atoms with van der Waals surface area (Å²) >= 11 is 8.61. The second-order valence-corrected chi connectivity index (χ2v) is 12.1. The van der Waals surface area contributed by atoms with Crippen LogP contribution >= 0.6 is 34.2 Å². The molecule has 0 saturated heterocycles. The Bertz CT molecular complexity index is 1620. The number of hydrogen-bond donors (Lipinski definition) is 1. The largest absolute Gasteiger partial charge is 0.490 e. The van der Waals surface area contributed by atoms with Crippen LogP contribution in [0.5, 0.6) is 11.5 Å². The second-order valence-electron chi connectivity index (χ2n) is 10.6. The molecule has 208 valence electrons. The Balaban J connectivity index is 1.18. The molecule has 6 heteroatoms. The number of allylic oxidation sites excluding steroid dienone is 2. The van der Waals surface area contributed by atoms with Crippen molar-refractivity contribution in [3.63, 3.8) is 0 Å². The molecule has 1 aliphatic heterocycles. The number of anilines is 1. The van der Waals surface area contributed by atoms with Gasteiger partial charge in [-0.05, 0) is 102 Å². The highest BCUT2D eigenvalue weighted by Crippen LogP contribution is 2.50. The van der Waals surface area contributed by atoms with Gasteiger partial charge in [-0.25, -0.2) is 0 Å². The summed E-state index contributed by atoms with van der Waals surface area (Å²) in [6, 6.07) is 27.4. The number of aliphatic imine (C=N–C) groups is 1. The van der Waals surface area contributed by atoms with Crippen LogP contribution in [0.4, 0.5) is 11.4 Å². The summed E-state index contributed by atoms with van der Waals surface area (Å²) in [5.41, 5.74) is 8.07. The Kier molecular flexibility index (Phi) is 8.35. The average Bonchev–Trinajstić information content (AvgIpc) is 3.47. The van der Waals surface area contributed by atoms with Crippen molar-refractivity contribution < 1.29 is 9.47 Å². The fraction of sp³-hybridized carbons (Fsp3) is 0.229. The first-order valence-corrected chi connectivity index (χ1v) is 15.5. The van der Waals surface area contributed by atoms with Gasteiger partial charge in [-0.2, -0.15) is 0 Å². The van der Waals surface area contributed by atoms with E-state index in [4.69, 9.17) is 26.1 Å². The molecule has 0 unspecified atom stereocenters. The average molecular weight is 675 g/mol. The number of fused-ring (bicyclic) bond motifs is 3. The quantitative estimate of drug-likeness (QED) is 0.115. The van der Waals surface area contributed by atoms with Crippen molar-refractivity contribution in [2.45, 2.75) is 38.8 Å². The second kappa shape index (κ2) is 12.3. The predicted octanol–water partition coefficient (Wildman–Crippen LogP) is 9.81. The van der Waals surface area contributed by atoms with Crippen molar-refractivity contribution in [3.05, 3.63) is 127 Å². The van der Waals surface area contributed by atoms with Gasteiger partial charge in [0.25, 0.3) is 0 Å². The molecule has 4 aromatic rings. The molecule has 0 bridgehead atoms. The molecule has 4 nitrogen and oxygen atoms in total. The summed E-state index contributed by atoms with van der Waals surface area (Å²) in [6.45, 7) is 5.05. The maximum Gasteiger partial charge on any atom is 0.175 e. The lowest BCUT2D eigenvalue weighted by atomic mass is 9.76. The van der Waals surface area contributed by atoms with Crippen LogP contribution in [0, 0.1) is 16.4 Å². The van der Waals surface area contributed by atoms with E-state index in [1.807, 2.05) is 43.5 Å². The Morgan fingerprint density at radius 3 is 2.66 bits per heavy atom. The molecular formula is C35H32ClIN2O2. The van der Waals surface area contributed by atoms with Gasteiger partial charge in [0.15, 0.2) is 11.5 Å². The summed E-state index contributed by atoms with van der Waals surface area (Å²) in [5, 5.41) is 4.52. The summed E-state index contributed by atoms with van der Waals surface area (Å²) in [7, 11) is 0. The van der Waals surface area contributed by atoms with Crippen LogP contribution in [0.25, 0.3) is 0 Å². The molecule has 6 rings (SSSR count). The van der Waals surface area contributed by atoms with E-state index >= 15 is 0 Å². The monoisotopic (exact) mass is 674 g/mol. The Morgan fingerprint density at radius 1 is 1.02 bits per heavy atom. The van der Waals surface area contributed by atoms with Crippen molar-refractivity contribution in [2.75, 3.05) is 11.9 Å². The van der Waals surface area contributed by atoms with Crippen LogP contribution in [0.15, 0.2) is 96.0 Å². The van der Waals surface area contributed by atoms with Crippen molar-refractivity contribution in [1.82, 2.24) is 0 Å². The molecule has 0 saturated carbocycles. The highest BCUT2D eigenvalue weighted by Gasteiger charge is 2.37. The maximum absolute atomic E-state index is 6.32. The van der Waals surface area contributed by atoms with E-state index in [2.05, 4.69) is 95.5 Å². The lowest BCUT2D eigenvalue weighted by Crippen LogP contribution is -2.29. The van der Waals surface area contributed by atoms with E-state index in [1.54, 1.807) is 0 Å². The van der Waals surface area contributed by atoms with Gasteiger partial charge in [-0.3, -0.25) is 4.99 Å². The molecule has 41 heavy (non-hydrogen) atoms. The third kappa shape index (κ3) is 6.02. The van der Waals surface area contributed by atoms with Gasteiger partial charge < -0.3 is 14.8 Å². The fourth-order valence-corrected chi connectivity index (χ4v) is 6.76. The number of nitrogens with zero attached hydrogens (tertiary/aromatic N) is 1. The molecule has 4 aromatic carbocycles. The van der Waals surface area contributed by atoms with Gasteiger partial charge in [0.05, 0.1) is 21.9 Å². The minimum atomic E-state index is 0.275. The Morgan fingerprint density at radius 2 is 1.85 bits per heavy atom. The summed E-state index contributed by atoms with van der Waals surface area (Å²) in [4.78, 5) is 4.78. The topological polar surface area (TPSA) is 42.8 Å². The third-order valence-electron chi connectivity index (χ3n) is 7.79. The zero-order valence-electron chi connectivity index (χ0n) is 23.1. The number of aryl methyl sites for hydroxylation is 1. The molecule has 2 aliphatic rings. The third-order valence-corrected chi connectivity index (χ3v) is 8.96. The van der Waals surface area contributed by atoms with Crippen LogP contribution < -0.4 is 14.8 Å². The normalized spacial score (nSPS) is 19.1. The number of halogens is 2. The molecule has 0 fully saturated rings. The first kappa shape index (κ1) is 27.9. The Hall–Kier alpha value is -3.29. The first-order valence-electron chi connectivity index (χ1n) is 14.0. The lowest BCUT2D eigenvalue weighted by Gasteiger charge is -2.37. The molecule has 1 aliphatic carbocycles. The van der Waals surface area contributed by atoms with E-state index in [0.717, 1.165) is 26.8 Å². The molecule has 0 amide bonds. The van der Waals surface area contributed by atoms with Crippen molar-refractivity contribution in [1.29, 1.82) is 0 Å². The lowest BCUT2D eigenvalue weighted by molar-refractivity contribution is 0.267. The summed E-state index contributed by atoms with van der Waals surface area (Å²) in [6.07, 6.45) is 7.70.